The lowest BCUT2D eigenvalue weighted by molar-refractivity contribution is -0.153. The highest BCUT2D eigenvalue weighted by molar-refractivity contribution is 6.76. The van der Waals surface area contributed by atoms with Crippen LogP contribution in [-0.2, 0) is 36.7 Å². The third-order valence-corrected chi connectivity index (χ3v) is 10.8. The third-order valence-electron chi connectivity index (χ3n) is 9.07. The number of aryl methyl sites for hydroxylation is 3. The van der Waals surface area contributed by atoms with Gasteiger partial charge in [-0.25, -0.2) is 9.59 Å². The Balaban J connectivity index is 1.46. The van der Waals surface area contributed by atoms with Gasteiger partial charge >= 0.3 is 11.9 Å². The summed E-state index contributed by atoms with van der Waals surface area (Å²) in [6.45, 7) is 17.5. The van der Waals surface area contributed by atoms with Gasteiger partial charge in [-0.2, -0.15) is 0 Å². The van der Waals surface area contributed by atoms with Crippen LogP contribution in [0, 0.1) is 13.8 Å². The molecule has 4 atom stereocenters. The highest BCUT2D eigenvalue weighted by Gasteiger charge is 2.45. The fourth-order valence-corrected chi connectivity index (χ4v) is 7.05. The van der Waals surface area contributed by atoms with Crippen LogP contribution < -0.4 is 4.74 Å². The molecule has 52 heavy (non-hydrogen) atoms. The predicted molar refractivity (Wildman–Crippen MR) is 208 cm³/mol. The van der Waals surface area contributed by atoms with E-state index >= 15 is 0 Å². The fourth-order valence-electron chi connectivity index (χ4n) is 6.34. The number of esters is 2. The molecule has 1 aliphatic rings. The van der Waals surface area contributed by atoms with Crippen molar-refractivity contribution in [2.24, 2.45) is 0 Å². The molecule has 0 saturated carbocycles. The molecule has 0 aliphatic carbocycles. The summed E-state index contributed by atoms with van der Waals surface area (Å²) in [5.41, 5.74) is 5.17. The molecule has 0 N–H and O–H groups in total. The number of carbonyl (C=O) groups excluding carboxylic acids is 2. The van der Waals surface area contributed by atoms with Gasteiger partial charge in [-0.1, -0.05) is 73.7 Å². The average Bonchev–Trinajstić information content (AvgIpc) is 3.40. The Bertz CT molecular complexity index is 1630. The molecule has 282 valence electrons. The van der Waals surface area contributed by atoms with Crippen LogP contribution in [0.5, 0.6) is 5.75 Å². The molecule has 4 rings (SSSR count). The molecule has 0 aromatic heterocycles. The van der Waals surface area contributed by atoms with Crippen molar-refractivity contribution < 1.29 is 38.0 Å². The van der Waals surface area contributed by atoms with Crippen molar-refractivity contribution in [3.8, 4) is 5.75 Å². The van der Waals surface area contributed by atoms with Gasteiger partial charge in [0.15, 0.2) is 5.79 Å². The molecule has 0 spiro atoms. The number of carbonyl (C=O) groups is 2. The third kappa shape index (κ3) is 12.7. The van der Waals surface area contributed by atoms with Gasteiger partial charge in [0.2, 0.25) is 0 Å². The standard InChI is InChI=1S/C43H58O8Si/c1-30-27-31(2)39(42(45)47-25-26-52(7,8)9)35(28-30)18-14-20-38-40(51-43(4,5)50-38)37(49-41(44)34-16-11-10-12-17-34)19-13-15-32(3)48-29-33-21-23-36(46-6)24-22-33/h10-13,16-17,19,21-24,27-28,32,37-38,40H,14-15,18,20,25-26,29H2,1-9H3/b19-13-/t32-,37?,38-,40+/m0/s1. The van der Waals surface area contributed by atoms with E-state index in [0.717, 1.165) is 40.5 Å². The van der Waals surface area contributed by atoms with E-state index in [2.05, 4.69) is 25.7 Å². The molecule has 1 aliphatic heterocycles. The second-order valence-electron chi connectivity index (χ2n) is 15.5. The summed E-state index contributed by atoms with van der Waals surface area (Å²) >= 11 is 0. The molecule has 1 saturated heterocycles. The Morgan fingerprint density at radius 1 is 0.962 bits per heavy atom. The molecule has 3 aromatic rings. The summed E-state index contributed by atoms with van der Waals surface area (Å²) in [6.07, 6.45) is 4.87. The van der Waals surface area contributed by atoms with E-state index in [-0.39, 0.29) is 18.2 Å². The molecule has 9 heteroatoms. The van der Waals surface area contributed by atoms with Crippen molar-refractivity contribution >= 4 is 20.0 Å². The highest BCUT2D eigenvalue weighted by atomic mass is 28.3. The molecular weight excluding hydrogens is 673 g/mol. The Morgan fingerprint density at radius 2 is 1.67 bits per heavy atom. The van der Waals surface area contributed by atoms with E-state index in [1.54, 1.807) is 19.2 Å². The van der Waals surface area contributed by atoms with Gasteiger partial charge in [-0.05, 0) is 113 Å². The van der Waals surface area contributed by atoms with Crippen LogP contribution in [0.4, 0.5) is 0 Å². The molecule has 1 fully saturated rings. The summed E-state index contributed by atoms with van der Waals surface area (Å²) in [7, 11) is 0.310. The minimum absolute atomic E-state index is 0.0778. The van der Waals surface area contributed by atoms with Gasteiger partial charge in [-0.3, -0.25) is 0 Å². The van der Waals surface area contributed by atoms with E-state index in [9.17, 15) is 9.59 Å². The van der Waals surface area contributed by atoms with Crippen molar-refractivity contribution in [2.75, 3.05) is 13.7 Å². The Hall–Kier alpha value is -3.76. The zero-order valence-electron chi connectivity index (χ0n) is 32.5. The van der Waals surface area contributed by atoms with Crippen molar-refractivity contribution in [3.63, 3.8) is 0 Å². The minimum Gasteiger partial charge on any atom is -0.497 e. The number of hydrogen-bond donors (Lipinski definition) is 0. The topological polar surface area (TPSA) is 89.5 Å². The van der Waals surface area contributed by atoms with E-state index in [1.165, 1.54) is 0 Å². The average molecular weight is 731 g/mol. The SMILES string of the molecule is COc1ccc(CO[C@@H](C)C/C=C\C(OC(=O)c2ccccc2)[C@H]2OC(C)(C)O[C@H]2CCCc2cc(C)cc(C)c2C(=O)OCC[Si](C)(C)C)cc1. The van der Waals surface area contributed by atoms with Crippen LogP contribution in [0.3, 0.4) is 0 Å². The number of rotatable bonds is 18. The monoisotopic (exact) mass is 730 g/mol. The maximum absolute atomic E-state index is 13.3. The molecule has 1 heterocycles. The molecule has 0 radical (unpaired) electrons. The van der Waals surface area contributed by atoms with Crippen molar-refractivity contribution in [2.45, 2.75) is 123 Å². The summed E-state index contributed by atoms with van der Waals surface area (Å²) in [4.78, 5) is 26.7. The van der Waals surface area contributed by atoms with E-state index in [0.29, 0.717) is 43.6 Å². The first-order chi connectivity index (χ1) is 24.6. The Kier molecular flexibility index (Phi) is 14.8. The van der Waals surface area contributed by atoms with Crippen LogP contribution in [0.25, 0.3) is 0 Å². The lowest BCUT2D eigenvalue weighted by Crippen LogP contribution is -2.37. The summed E-state index contributed by atoms with van der Waals surface area (Å²) < 4.78 is 36.2. The van der Waals surface area contributed by atoms with Gasteiger partial charge < -0.3 is 28.4 Å². The normalized spacial score (nSPS) is 18.2. The van der Waals surface area contributed by atoms with Gasteiger partial charge in [0, 0.05) is 8.07 Å². The summed E-state index contributed by atoms with van der Waals surface area (Å²) in [5, 5.41) is 0. The molecular formula is C43H58O8Si. The van der Waals surface area contributed by atoms with Crippen molar-refractivity contribution in [1.82, 2.24) is 0 Å². The predicted octanol–water partition coefficient (Wildman–Crippen LogP) is 9.43. The number of benzene rings is 3. The first-order valence-electron chi connectivity index (χ1n) is 18.4. The minimum atomic E-state index is -1.34. The van der Waals surface area contributed by atoms with Gasteiger partial charge in [0.25, 0.3) is 0 Å². The fraction of sp³-hybridized carbons (Fsp3) is 0.488. The second kappa shape index (κ2) is 18.8. The van der Waals surface area contributed by atoms with Crippen LogP contribution in [-0.4, -0.2) is 63.9 Å². The maximum Gasteiger partial charge on any atom is 0.338 e. The largest absolute Gasteiger partial charge is 0.497 e. The molecule has 0 bridgehead atoms. The summed E-state index contributed by atoms with van der Waals surface area (Å²) in [6, 6.07) is 21.8. The first kappa shape index (κ1) is 41.0. The van der Waals surface area contributed by atoms with Crippen LogP contribution in [0.15, 0.2) is 78.9 Å². The quantitative estimate of drug-likeness (QED) is 0.0727. The summed E-state index contributed by atoms with van der Waals surface area (Å²) in [5.74, 6) is -0.761. The first-order valence-corrected chi connectivity index (χ1v) is 22.1. The zero-order chi connectivity index (χ0) is 37.9. The molecule has 0 amide bonds. The van der Waals surface area contributed by atoms with E-state index in [1.807, 2.05) is 95.3 Å². The highest BCUT2D eigenvalue weighted by Crippen LogP contribution is 2.35. The zero-order valence-corrected chi connectivity index (χ0v) is 33.5. The Labute approximate surface area is 311 Å². The van der Waals surface area contributed by atoms with Crippen molar-refractivity contribution in [3.05, 3.63) is 112 Å². The van der Waals surface area contributed by atoms with E-state index in [4.69, 9.17) is 28.4 Å². The van der Waals surface area contributed by atoms with Gasteiger partial charge in [0.05, 0.1) is 43.7 Å². The van der Waals surface area contributed by atoms with Gasteiger partial charge in [-0.15, -0.1) is 0 Å². The lowest BCUT2D eigenvalue weighted by Gasteiger charge is -2.25. The van der Waals surface area contributed by atoms with Crippen molar-refractivity contribution in [1.29, 1.82) is 0 Å². The Morgan fingerprint density at radius 3 is 2.35 bits per heavy atom. The maximum atomic E-state index is 13.3. The smallest absolute Gasteiger partial charge is 0.338 e. The van der Waals surface area contributed by atoms with E-state index < -0.39 is 32.0 Å². The number of methoxy groups -OCH3 is 1. The number of ether oxygens (including phenoxy) is 6. The molecule has 8 nitrogen and oxygen atoms in total. The second-order valence-corrected chi connectivity index (χ2v) is 21.1. The molecule has 1 unspecified atom stereocenters. The molecule has 3 aromatic carbocycles. The number of hydrogen-bond acceptors (Lipinski definition) is 8. The van der Waals surface area contributed by atoms with Crippen LogP contribution >= 0.6 is 0 Å². The van der Waals surface area contributed by atoms with Crippen LogP contribution in [0.1, 0.15) is 83.0 Å². The van der Waals surface area contributed by atoms with Gasteiger partial charge in [0.1, 0.15) is 18.0 Å². The van der Waals surface area contributed by atoms with Crippen LogP contribution in [0.2, 0.25) is 25.7 Å². The lowest BCUT2D eigenvalue weighted by atomic mass is 9.93.